The first-order valence-electron chi connectivity index (χ1n) is 8.59. The van der Waals surface area contributed by atoms with Crippen molar-refractivity contribution in [1.82, 2.24) is 9.29 Å². The quantitative estimate of drug-likeness (QED) is 0.769. The van der Waals surface area contributed by atoms with Gasteiger partial charge in [0.2, 0.25) is 15.9 Å². The number of carbonyl (C=O) groups excluding carboxylic acids is 2. The molecule has 2 aromatic rings. The molecule has 1 atom stereocenters. The maximum absolute atomic E-state index is 12.6. The molecule has 7 nitrogen and oxygen atoms in total. The molecule has 1 saturated heterocycles. The first-order valence-corrected chi connectivity index (χ1v) is 11.3. The number of carbonyl (C=O) groups is 2. The lowest BCUT2D eigenvalue weighted by atomic mass is 9.99. The highest BCUT2D eigenvalue weighted by molar-refractivity contribution is 7.88. The highest BCUT2D eigenvalue weighted by Gasteiger charge is 2.31. The Morgan fingerprint density at radius 2 is 1.96 bits per heavy atom. The Morgan fingerprint density at radius 1 is 1.26 bits per heavy atom. The van der Waals surface area contributed by atoms with Gasteiger partial charge in [-0.05, 0) is 12.8 Å². The smallest absolute Gasteiger partial charge is 0.230 e. The van der Waals surface area contributed by atoms with Gasteiger partial charge in [0.1, 0.15) is 0 Å². The number of sulfonamides is 1. The number of nitrogens with zero attached hydrogens (tertiary/aromatic N) is 2. The average molecular weight is 408 g/mol. The lowest BCUT2D eigenvalue weighted by molar-refractivity contribution is -0.120. The van der Waals surface area contributed by atoms with Crippen molar-refractivity contribution in [3.05, 3.63) is 35.2 Å². The molecular formula is C18H21N3O4S2. The summed E-state index contributed by atoms with van der Waals surface area (Å²) in [5.74, 6) is -0.821. The van der Waals surface area contributed by atoms with E-state index in [0.717, 1.165) is 23.2 Å². The molecule has 27 heavy (non-hydrogen) atoms. The van der Waals surface area contributed by atoms with E-state index in [-0.39, 0.29) is 18.2 Å². The van der Waals surface area contributed by atoms with Crippen LogP contribution < -0.4 is 5.32 Å². The summed E-state index contributed by atoms with van der Waals surface area (Å²) >= 11 is 1.14. The largest absolute Gasteiger partial charge is 0.302 e. The highest BCUT2D eigenvalue weighted by Crippen LogP contribution is 2.32. The van der Waals surface area contributed by atoms with Crippen molar-refractivity contribution >= 4 is 38.2 Å². The maximum atomic E-state index is 12.6. The normalized spacial score (nSPS) is 18.2. The molecule has 0 bridgehead atoms. The molecule has 0 radical (unpaired) electrons. The van der Waals surface area contributed by atoms with Crippen LogP contribution in [0.15, 0.2) is 30.3 Å². The van der Waals surface area contributed by atoms with Crippen LogP contribution in [0.5, 0.6) is 0 Å². The third kappa shape index (κ3) is 4.60. The van der Waals surface area contributed by atoms with Gasteiger partial charge in [-0.3, -0.25) is 9.59 Å². The number of piperidine rings is 1. The fourth-order valence-electron chi connectivity index (χ4n) is 3.07. The number of aromatic nitrogens is 1. The summed E-state index contributed by atoms with van der Waals surface area (Å²) < 4.78 is 24.8. The predicted octanol–water partition coefficient (Wildman–Crippen LogP) is 2.62. The van der Waals surface area contributed by atoms with Gasteiger partial charge in [-0.15, -0.1) is 0 Å². The lowest BCUT2D eigenvalue weighted by Gasteiger charge is -2.29. The molecule has 0 spiro atoms. The summed E-state index contributed by atoms with van der Waals surface area (Å²) in [6, 6.07) is 9.32. The molecule has 144 valence electrons. The standard InChI is InChI=1S/C18H21N3O4S2/c1-12(22)16-15(13-7-4-3-5-8-13)19-18(26-16)20-17(23)14-9-6-10-21(11-14)27(2,24)25/h3-5,7-8,14H,6,9-11H2,1-2H3,(H,19,20,23)/t14-/m0/s1. The van der Waals surface area contributed by atoms with Crippen LogP contribution >= 0.6 is 11.3 Å². The average Bonchev–Trinajstić information content (AvgIpc) is 3.06. The molecule has 3 rings (SSSR count). The molecule has 1 amide bonds. The van der Waals surface area contributed by atoms with Crippen LogP contribution in [-0.4, -0.2) is 48.7 Å². The number of nitrogens with one attached hydrogen (secondary N) is 1. The summed E-state index contributed by atoms with van der Waals surface area (Å²) in [6.07, 6.45) is 2.41. The molecule has 0 saturated carbocycles. The minimum atomic E-state index is -3.32. The minimum absolute atomic E-state index is 0.118. The van der Waals surface area contributed by atoms with E-state index in [1.165, 1.54) is 11.2 Å². The van der Waals surface area contributed by atoms with Crippen molar-refractivity contribution in [3.8, 4) is 11.3 Å². The molecule has 0 aliphatic carbocycles. The van der Waals surface area contributed by atoms with Crippen molar-refractivity contribution in [3.63, 3.8) is 0 Å². The number of thiazole rings is 1. The summed E-state index contributed by atoms with van der Waals surface area (Å²) in [5.41, 5.74) is 1.35. The van der Waals surface area contributed by atoms with Crippen molar-refractivity contribution in [2.75, 3.05) is 24.7 Å². The van der Waals surface area contributed by atoms with Gasteiger partial charge in [0.15, 0.2) is 10.9 Å². The van der Waals surface area contributed by atoms with Crippen LogP contribution in [-0.2, 0) is 14.8 Å². The maximum Gasteiger partial charge on any atom is 0.230 e. The summed E-state index contributed by atoms with van der Waals surface area (Å²) in [4.78, 5) is 29.5. The van der Waals surface area contributed by atoms with Gasteiger partial charge in [-0.2, -0.15) is 0 Å². The Labute approximate surface area is 162 Å². The number of amides is 1. The molecule has 1 N–H and O–H groups in total. The molecule has 1 aliphatic heterocycles. The minimum Gasteiger partial charge on any atom is -0.302 e. The number of anilines is 1. The predicted molar refractivity (Wildman–Crippen MR) is 105 cm³/mol. The fourth-order valence-corrected chi connectivity index (χ4v) is 4.87. The van der Waals surface area contributed by atoms with Crippen molar-refractivity contribution in [1.29, 1.82) is 0 Å². The van der Waals surface area contributed by atoms with E-state index in [1.807, 2.05) is 30.3 Å². The van der Waals surface area contributed by atoms with Gasteiger partial charge in [-0.1, -0.05) is 41.7 Å². The second kappa shape index (κ2) is 7.87. The lowest BCUT2D eigenvalue weighted by Crippen LogP contribution is -2.43. The van der Waals surface area contributed by atoms with Gasteiger partial charge < -0.3 is 5.32 Å². The zero-order valence-corrected chi connectivity index (χ0v) is 16.8. The Morgan fingerprint density at radius 3 is 2.59 bits per heavy atom. The third-order valence-corrected chi connectivity index (χ3v) is 6.79. The SMILES string of the molecule is CC(=O)c1sc(NC(=O)[C@H]2CCCN(S(C)(=O)=O)C2)nc1-c1ccccc1. The van der Waals surface area contributed by atoms with Crippen LogP contribution in [0.25, 0.3) is 11.3 Å². The van der Waals surface area contributed by atoms with E-state index in [1.54, 1.807) is 0 Å². The van der Waals surface area contributed by atoms with E-state index < -0.39 is 15.9 Å². The molecular weight excluding hydrogens is 386 g/mol. The molecule has 0 unspecified atom stereocenters. The third-order valence-electron chi connectivity index (χ3n) is 4.45. The number of rotatable bonds is 5. The van der Waals surface area contributed by atoms with Crippen molar-refractivity contribution in [2.24, 2.45) is 5.92 Å². The topological polar surface area (TPSA) is 96.4 Å². The molecule has 1 fully saturated rings. The van der Waals surface area contributed by atoms with Crippen LogP contribution in [0, 0.1) is 5.92 Å². The number of benzene rings is 1. The Hall–Kier alpha value is -2.10. The second-order valence-electron chi connectivity index (χ2n) is 6.57. The van der Waals surface area contributed by atoms with E-state index >= 15 is 0 Å². The molecule has 1 aromatic heterocycles. The molecule has 1 aromatic carbocycles. The van der Waals surface area contributed by atoms with Crippen LogP contribution in [0.2, 0.25) is 0 Å². The van der Waals surface area contributed by atoms with Crippen molar-refractivity contribution in [2.45, 2.75) is 19.8 Å². The van der Waals surface area contributed by atoms with Gasteiger partial charge in [0, 0.05) is 25.6 Å². The van der Waals surface area contributed by atoms with Gasteiger partial charge in [0.05, 0.1) is 22.7 Å². The summed E-state index contributed by atoms with van der Waals surface area (Å²) in [5, 5.41) is 3.11. The number of ketones is 1. The molecule has 2 heterocycles. The first-order chi connectivity index (χ1) is 12.8. The summed E-state index contributed by atoms with van der Waals surface area (Å²) in [7, 11) is -3.32. The van der Waals surface area contributed by atoms with Crippen LogP contribution in [0.3, 0.4) is 0 Å². The van der Waals surface area contributed by atoms with E-state index in [0.29, 0.717) is 35.1 Å². The van der Waals surface area contributed by atoms with Crippen LogP contribution in [0.4, 0.5) is 5.13 Å². The van der Waals surface area contributed by atoms with E-state index in [2.05, 4.69) is 10.3 Å². The zero-order valence-electron chi connectivity index (χ0n) is 15.1. The van der Waals surface area contributed by atoms with Gasteiger partial charge in [-0.25, -0.2) is 17.7 Å². The Balaban J connectivity index is 1.79. The number of hydrogen-bond acceptors (Lipinski definition) is 6. The Kier molecular flexibility index (Phi) is 5.73. The number of hydrogen-bond donors (Lipinski definition) is 1. The first kappa shape index (κ1) is 19.7. The van der Waals surface area contributed by atoms with Crippen LogP contribution in [0.1, 0.15) is 29.4 Å². The monoisotopic (exact) mass is 407 g/mol. The number of Topliss-reactive ketones (excluding diaryl/α,β-unsaturated/α-hetero) is 1. The van der Waals surface area contributed by atoms with Crippen molar-refractivity contribution < 1.29 is 18.0 Å². The second-order valence-corrected chi connectivity index (χ2v) is 9.55. The molecule has 9 heteroatoms. The van der Waals surface area contributed by atoms with Gasteiger partial charge in [0.25, 0.3) is 0 Å². The summed E-state index contributed by atoms with van der Waals surface area (Å²) in [6.45, 7) is 2.07. The Bertz CT molecular complexity index is 954. The van der Waals surface area contributed by atoms with E-state index in [4.69, 9.17) is 0 Å². The van der Waals surface area contributed by atoms with Gasteiger partial charge >= 0.3 is 0 Å². The van der Waals surface area contributed by atoms with E-state index in [9.17, 15) is 18.0 Å². The highest BCUT2D eigenvalue weighted by atomic mass is 32.2. The molecule has 1 aliphatic rings. The fraction of sp³-hybridized carbons (Fsp3) is 0.389. The zero-order chi connectivity index (χ0) is 19.6.